The molecule has 0 amide bonds. The van der Waals surface area contributed by atoms with Crippen molar-refractivity contribution in [1.29, 1.82) is 0 Å². The summed E-state index contributed by atoms with van der Waals surface area (Å²) in [6.07, 6.45) is 7.08. The zero-order valence-corrected chi connectivity index (χ0v) is 16.8. The summed E-state index contributed by atoms with van der Waals surface area (Å²) >= 11 is 7.77. The molecule has 146 valence electrons. The SMILES string of the molecule is C=C(OC)Sc1ncnn1CC1(c2ccc(F)cc2)OC1C1=C(Cl)CCC=C1. The van der Waals surface area contributed by atoms with Gasteiger partial charge in [-0.1, -0.05) is 35.9 Å². The van der Waals surface area contributed by atoms with E-state index in [1.165, 1.54) is 30.2 Å². The van der Waals surface area contributed by atoms with E-state index in [9.17, 15) is 4.39 Å². The van der Waals surface area contributed by atoms with Crippen LogP contribution >= 0.6 is 23.4 Å². The number of aromatic nitrogens is 3. The van der Waals surface area contributed by atoms with Crippen LogP contribution in [0.4, 0.5) is 4.39 Å². The van der Waals surface area contributed by atoms with Gasteiger partial charge in [0.25, 0.3) is 0 Å². The standard InChI is InChI=1S/C20H19ClFN3O2S/c1-13(26-2)28-19-23-12-24-25(19)11-20(14-7-9-15(22)10-8-14)18(27-20)16-5-3-4-6-17(16)21/h3,5,7-10,12,18H,1,4,6,11H2,2H3. The molecule has 0 bridgehead atoms. The highest BCUT2D eigenvalue weighted by molar-refractivity contribution is 8.02. The smallest absolute Gasteiger partial charge is 0.193 e. The Bertz CT molecular complexity index is 957. The Balaban J connectivity index is 1.68. The summed E-state index contributed by atoms with van der Waals surface area (Å²) in [6, 6.07) is 6.36. The average Bonchev–Trinajstić information content (AvgIpc) is 3.26. The van der Waals surface area contributed by atoms with E-state index in [0.29, 0.717) is 16.8 Å². The van der Waals surface area contributed by atoms with E-state index < -0.39 is 5.60 Å². The predicted octanol–water partition coefficient (Wildman–Crippen LogP) is 4.76. The molecule has 2 unspecified atom stereocenters. The van der Waals surface area contributed by atoms with E-state index in [4.69, 9.17) is 21.1 Å². The lowest BCUT2D eigenvalue weighted by atomic mass is 9.89. The van der Waals surface area contributed by atoms with Crippen molar-refractivity contribution >= 4 is 23.4 Å². The van der Waals surface area contributed by atoms with Gasteiger partial charge in [0, 0.05) is 5.03 Å². The number of rotatable bonds is 7. The van der Waals surface area contributed by atoms with Gasteiger partial charge in [0.1, 0.15) is 23.8 Å². The Morgan fingerprint density at radius 1 is 1.46 bits per heavy atom. The van der Waals surface area contributed by atoms with Crippen molar-refractivity contribution in [2.75, 3.05) is 7.11 Å². The first-order valence-corrected chi connectivity index (χ1v) is 10.0. The van der Waals surface area contributed by atoms with Crippen LogP contribution in [0.1, 0.15) is 18.4 Å². The molecule has 2 atom stereocenters. The number of allylic oxidation sites excluding steroid dienone is 2. The molecule has 5 nitrogen and oxygen atoms in total. The molecule has 0 radical (unpaired) electrons. The lowest BCUT2D eigenvalue weighted by Gasteiger charge is -2.17. The monoisotopic (exact) mass is 419 g/mol. The molecule has 1 aromatic carbocycles. The molecule has 1 aliphatic carbocycles. The molecule has 0 saturated carbocycles. The zero-order chi connectivity index (χ0) is 19.7. The van der Waals surface area contributed by atoms with Crippen molar-refractivity contribution in [3.8, 4) is 0 Å². The maximum absolute atomic E-state index is 13.5. The summed E-state index contributed by atoms with van der Waals surface area (Å²) in [5, 5.41) is 6.29. The summed E-state index contributed by atoms with van der Waals surface area (Å²) in [4.78, 5) is 4.28. The predicted molar refractivity (Wildman–Crippen MR) is 106 cm³/mol. The maximum Gasteiger partial charge on any atom is 0.193 e. The molecule has 28 heavy (non-hydrogen) atoms. The number of ether oxygens (including phenoxy) is 2. The van der Waals surface area contributed by atoms with Crippen LogP contribution in [0, 0.1) is 5.82 Å². The fourth-order valence-corrected chi connectivity index (χ4v) is 4.22. The van der Waals surface area contributed by atoms with Gasteiger partial charge in [-0.25, -0.2) is 14.1 Å². The first kappa shape index (κ1) is 19.2. The zero-order valence-electron chi connectivity index (χ0n) is 15.3. The average molecular weight is 420 g/mol. The number of benzene rings is 1. The first-order chi connectivity index (χ1) is 13.5. The van der Waals surface area contributed by atoms with Crippen molar-refractivity contribution in [2.45, 2.75) is 36.2 Å². The quantitative estimate of drug-likeness (QED) is 0.368. The molecular formula is C20H19ClFN3O2S. The molecule has 2 heterocycles. The van der Waals surface area contributed by atoms with Crippen LogP contribution in [0.5, 0.6) is 0 Å². The van der Waals surface area contributed by atoms with Gasteiger partial charge in [-0.3, -0.25) is 0 Å². The fraction of sp³-hybridized carbons (Fsp3) is 0.300. The first-order valence-electron chi connectivity index (χ1n) is 8.81. The second-order valence-corrected chi connectivity index (χ2v) is 8.05. The molecule has 1 aromatic heterocycles. The minimum absolute atomic E-state index is 0.227. The number of hydrogen-bond acceptors (Lipinski definition) is 5. The maximum atomic E-state index is 13.5. The Kier molecular flexibility index (Phi) is 5.31. The number of methoxy groups -OCH3 is 1. The van der Waals surface area contributed by atoms with Crippen LogP contribution in [-0.4, -0.2) is 28.0 Å². The molecular weight excluding hydrogens is 401 g/mol. The van der Waals surface area contributed by atoms with Gasteiger partial charge in [0.2, 0.25) is 0 Å². The van der Waals surface area contributed by atoms with Crippen LogP contribution in [0.2, 0.25) is 0 Å². The Labute approximate surface area is 171 Å². The molecule has 0 N–H and O–H groups in total. The van der Waals surface area contributed by atoms with Crippen molar-refractivity contribution < 1.29 is 13.9 Å². The second kappa shape index (κ2) is 7.73. The summed E-state index contributed by atoms with van der Waals surface area (Å²) in [7, 11) is 1.56. The van der Waals surface area contributed by atoms with Gasteiger partial charge >= 0.3 is 0 Å². The molecule has 4 rings (SSSR count). The summed E-state index contributed by atoms with van der Waals surface area (Å²) in [6.45, 7) is 4.23. The van der Waals surface area contributed by atoms with Crippen LogP contribution in [0.25, 0.3) is 0 Å². The highest BCUT2D eigenvalue weighted by Gasteiger charge is 2.60. The Morgan fingerprint density at radius 3 is 2.96 bits per heavy atom. The van der Waals surface area contributed by atoms with Crippen LogP contribution in [-0.2, 0) is 21.6 Å². The van der Waals surface area contributed by atoms with E-state index in [2.05, 4.69) is 22.7 Å². The van der Waals surface area contributed by atoms with E-state index in [1.54, 1.807) is 23.9 Å². The van der Waals surface area contributed by atoms with E-state index >= 15 is 0 Å². The van der Waals surface area contributed by atoms with Gasteiger partial charge in [-0.2, -0.15) is 5.10 Å². The minimum Gasteiger partial charge on any atom is -0.491 e. The van der Waals surface area contributed by atoms with Crippen LogP contribution in [0.3, 0.4) is 0 Å². The minimum atomic E-state index is -0.692. The molecule has 1 fully saturated rings. The summed E-state index contributed by atoms with van der Waals surface area (Å²) in [5.74, 6) is -0.292. The normalized spacial score (nSPS) is 23.8. The Hall–Kier alpha value is -2.09. The number of nitrogens with zero attached hydrogens (tertiary/aromatic N) is 3. The lowest BCUT2D eigenvalue weighted by molar-refractivity contribution is 0.258. The van der Waals surface area contributed by atoms with Gasteiger partial charge in [0.15, 0.2) is 10.2 Å². The number of hydrogen-bond donors (Lipinski definition) is 0. The molecule has 1 aliphatic heterocycles. The summed E-state index contributed by atoms with van der Waals surface area (Å²) < 4.78 is 26.6. The van der Waals surface area contributed by atoms with Gasteiger partial charge < -0.3 is 9.47 Å². The third-order valence-electron chi connectivity index (χ3n) is 4.85. The van der Waals surface area contributed by atoms with Crippen molar-refractivity contribution in [2.24, 2.45) is 0 Å². The van der Waals surface area contributed by atoms with Gasteiger partial charge in [-0.15, -0.1) is 0 Å². The number of thioether (sulfide) groups is 1. The lowest BCUT2D eigenvalue weighted by Crippen LogP contribution is -2.23. The highest BCUT2D eigenvalue weighted by atomic mass is 35.5. The van der Waals surface area contributed by atoms with E-state index in [-0.39, 0.29) is 11.9 Å². The Morgan fingerprint density at radius 2 is 2.25 bits per heavy atom. The van der Waals surface area contributed by atoms with Crippen LogP contribution < -0.4 is 0 Å². The van der Waals surface area contributed by atoms with Crippen molar-refractivity contribution in [3.05, 3.63) is 76.4 Å². The molecule has 0 spiro atoms. The summed E-state index contributed by atoms with van der Waals surface area (Å²) in [5.41, 5.74) is 1.14. The molecule has 2 aliphatic rings. The van der Waals surface area contributed by atoms with Crippen molar-refractivity contribution in [1.82, 2.24) is 14.8 Å². The van der Waals surface area contributed by atoms with Gasteiger partial charge in [-0.05, 0) is 54.5 Å². The third-order valence-corrected chi connectivity index (χ3v) is 6.15. The topological polar surface area (TPSA) is 52.5 Å². The largest absolute Gasteiger partial charge is 0.491 e. The van der Waals surface area contributed by atoms with E-state index in [1.807, 2.05) is 6.08 Å². The highest BCUT2D eigenvalue weighted by Crippen LogP contribution is 2.53. The third kappa shape index (κ3) is 3.62. The molecule has 1 saturated heterocycles. The van der Waals surface area contributed by atoms with Crippen molar-refractivity contribution in [3.63, 3.8) is 0 Å². The van der Waals surface area contributed by atoms with E-state index in [0.717, 1.165) is 29.0 Å². The van der Waals surface area contributed by atoms with Crippen LogP contribution in [0.15, 0.2) is 70.2 Å². The fourth-order valence-electron chi connectivity index (χ4n) is 3.35. The molecule has 2 aromatic rings. The van der Waals surface area contributed by atoms with Gasteiger partial charge in [0.05, 0.1) is 13.7 Å². The molecule has 8 heteroatoms. The number of epoxide rings is 1. The second-order valence-electron chi connectivity index (χ2n) is 6.57. The number of halogens is 2.